The molecule has 146 valence electrons. The molecule has 0 unspecified atom stereocenters. The van der Waals surface area contributed by atoms with Crippen molar-refractivity contribution in [3.05, 3.63) is 41.9 Å². The molecule has 5 rings (SSSR count). The second-order valence-electron chi connectivity index (χ2n) is 7.06. The fourth-order valence-electron chi connectivity index (χ4n) is 4.01. The van der Waals surface area contributed by atoms with Gasteiger partial charge in [0.1, 0.15) is 12.1 Å². The van der Waals surface area contributed by atoms with Crippen LogP contribution < -0.4 is 9.80 Å². The first-order chi connectivity index (χ1) is 13.5. The maximum atomic E-state index is 13.0. The molecule has 0 aromatic carbocycles. The average molecular weight is 389 g/mol. The highest BCUT2D eigenvalue weighted by molar-refractivity contribution is 5.65. The molecule has 0 spiro atoms. The van der Waals surface area contributed by atoms with Gasteiger partial charge in [-0.3, -0.25) is 0 Å². The maximum Gasteiger partial charge on any atom is 0.434 e. The molecular weight excluding hydrogens is 371 g/mol. The van der Waals surface area contributed by atoms with Crippen molar-refractivity contribution in [1.82, 2.24) is 24.3 Å². The van der Waals surface area contributed by atoms with Crippen molar-refractivity contribution >= 4 is 17.3 Å². The van der Waals surface area contributed by atoms with Crippen LogP contribution in [0.4, 0.5) is 24.8 Å². The second kappa shape index (κ2) is 6.32. The summed E-state index contributed by atoms with van der Waals surface area (Å²) in [5, 5.41) is 0. The topological polar surface area (TPSA) is 62.5 Å². The van der Waals surface area contributed by atoms with E-state index in [4.69, 9.17) is 0 Å². The van der Waals surface area contributed by atoms with Gasteiger partial charge in [-0.25, -0.2) is 19.9 Å². The van der Waals surface area contributed by atoms with Crippen LogP contribution >= 0.6 is 0 Å². The van der Waals surface area contributed by atoms with Gasteiger partial charge in [-0.15, -0.1) is 0 Å². The van der Waals surface area contributed by atoms with E-state index in [1.165, 1.54) is 22.4 Å². The minimum atomic E-state index is -4.48. The first-order valence-corrected chi connectivity index (χ1v) is 9.24. The quantitative estimate of drug-likeness (QED) is 0.671. The number of aryl methyl sites for hydroxylation is 1. The number of alkyl halides is 3. The van der Waals surface area contributed by atoms with Crippen LogP contribution in [-0.2, 0) is 19.0 Å². The molecule has 0 atom stereocenters. The first kappa shape index (κ1) is 17.2. The van der Waals surface area contributed by atoms with Crippen molar-refractivity contribution in [3.8, 4) is 0 Å². The van der Waals surface area contributed by atoms with Crippen LogP contribution in [0.2, 0.25) is 0 Å². The number of hydrogen-bond donors (Lipinski definition) is 0. The zero-order valence-corrected chi connectivity index (χ0v) is 15.0. The molecule has 7 nitrogen and oxygen atoms in total. The predicted octanol–water partition coefficient (Wildman–Crippen LogP) is 2.35. The number of hydrogen-bond acceptors (Lipinski definition) is 6. The molecule has 3 aromatic rings. The van der Waals surface area contributed by atoms with Crippen molar-refractivity contribution in [1.29, 1.82) is 0 Å². The van der Waals surface area contributed by atoms with Crippen molar-refractivity contribution in [2.24, 2.45) is 0 Å². The van der Waals surface area contributed by atoms with Crippen molar-refractivity contribution < 1.29 is 13.2 Å². The Morgan fingerprint density at radius 2 is 1.64 bits per heavy atom. The SMILES string of the molecule is FC(F)(F)c1cn2ccnc(N3CCN(c4ncnc5c4CCC5)CC3)c2n1. The standard InChI is InChI=1S/C18H18F3N7/c19-18(20,21)14-10-28-5-4-22-16(17(28)25-14)27-8-6-26(7-9-27)15-12-2-1-3-13(12)23-11-24-15/h4-5,10-11H,1-3,6-9H2. The first-order valence-electron chi connectivity index (χ1n) is 9.24. The molecule has 0 N–H and O–H groups in total. The van der Waals surface area contributed by atoms with Gasteiger partial charge in [0.25, 0.3) is 0 Å². The highest BCUT2D eigenvalue weighted by Crippen LogP contribution is 2.31. The summed E-state index contributed by atoms with van der Waals surface area (Å²) >= 11 is 0. The van der Waals surface area contributed by atoms with E-state index in [-0.39, 0.29) is 5.65 Å². The Bertz CT molecular complexity index is 1020. The summed E-state index contributed by atoms with van der Waals surface area (Å²) in [6, 6.07) is 0. The van der Waals surface area contributed by atoms with Crippen LogP contribution in [0.25, 0.3) is 5.65 Å². The molecule has 1 aliphatic heterocycles. The molecule has 1 fully saturated rings. The summed E-state index contributed by atoms with van der Waals surface area (Å²) < 4.78 is 40.4. The molecule has 0 amide bonds. The Balaban J connectivity index is 1.39. The van der Waals surface area contributed by atoms with E-state index in [0.717, 1.165) is 50.1 Å². The second-order valence-corrected chi connectivity index (χ2v) is 7.06. The van der Waals surface area contributed by atoms with Gasteiger partial charge in [-0.1, -0.05) is 0 Å². The fraction of sp³-hybridized carbons (Fsp3) is 0.444. The van der Waals surface area contributed by atoms with Gasteiger partial charge in [0, 0.05) is 56.0 Å². The van der Waals surface area contributed by atoms with Crippen molar-refractivity contribution in [2.75, 3.05) is 36.0 Å². The van der Waals surface area contributed by atoms with Gasteiger partial charge in [0.05, 0.1) is 0 Å². The number of aromatic nitrogens is 5. The lowest BCUT2D eigenvalue weighted by molar-refractivity contribution is -0.140. The molecule has 1 aliphatic carbocycles. The van der Waals surface area contributed by atoms with E-state index >= 15 is 0 Å². The van der Waals surface area contributed by atoms with E-state index < -0.39 is 11.9 Å². The molecule has 10 heteroatoms. The zero-order chi connectivity index (χ0) is 19.3. The van der Waals surface area contributed by atoms with Crippen LogP contribution in [0.1, 0.15) is 23.4 Å². The Hall–Kier alpha value is -2.91. The number of rotatable bonds is 2. The lowest BCUT2D eigenvalue weighted by atomic mass is 10.2. The summed E-state index contributed by atoms with van der Waals surface area (Å²) in [5.74, 6) is 1.47. The van der Waals surface area contributed by atoms with Crippen LogP contribution in [-0.4, -0.2) is 50.5 Å². The third kappa shape index (κ3) is 2.83. The molecule has 1 saturated heterocycles. The van der Waals surface area contributed by atoms with Gasteiger partial charge in [0.2, 0.25) is 0 Å². The maximum absolute atomic E-state index is 13.0. The van der Waals surface area contributed by atoms with Gasteiger partial charge >= 0.3 is 6.18 Å². The normalized spacial score (nSPS) is 17.4. The number of nitrogens with zero attached hydrogens (tertiary/aromatic N) is 7. The third-order valence-electron chi connectivity index (χ3n) is 5.38. The molecule has 0 saturated carbocycles. The summed E-state index contributed by atoms with van der Waals surface area (Å²) in [7, 11) is 0. The predicted molar refractivity (Wildman–Crippen MR) is 96.5 cm³/mol. The molecule has 0 radical (unpaired) electrons. The van der Waals surface area contributed by atoms with E-state index in [9.17, 15) is 13.2 Å². The molecule has 2 aliphatic rings. The van der Waals surface area contributed by atoms with Crippen LogP contribution in [0.15, 0.2) is 24.9 Å². The van der Waals surface area contributed by atoms with Crippen molar-refractivity contribution in [2.45, 2.75) is 25.4 Å². The minimum Gasteiger partial charge on any atom is -0.353 e. The molecule has 4 heterocycles. The van der Waals surface area contributed by atoms with Crippen LogP contribution in [0.5, 0.6) is 0 Å². The summed E-state index contributed by atoms with van der Waals surface area (Å²) in [4.78, 5) is 21.2. The molecular formula is C18H18F3N7. The minimum absolute atomic E-state index is 0.228. The average Bonchev–Trinajstić information content (AvgIpc) is 3.34. The van der Waals surface area contributed by atoms with E-state index in [2.05, 4.69) is 24.8 Å². The lowest BCUT2D eigenvalue weighted by Crippen LogP contribution is -2.47. The fourth-order valence-corrected chi connectivity index (χ4v) is 4.01. The highest BCUT2D eigenvalue weighted by Gasteiger charge is 2.35. The van der Waals surface area contributed by atoms with Gasteiger partial charge < -0.3 is 14.2 Å². The number of piperazine rings is 1. The molecule has 0 bridgehead atoms. The van der Waals surface area contributed by atoms with E-state index in [1.807, 2.05) is 4.90 Å². The van der Waals surface area contributed by atoms with E-state index in [1.54, 1.807) is 6.33 Å². The smallest absolute Gasteiger partial charge is 0.353 e. The van der Waals surface area contributed by atoms with Crippen molar-refractivity contribution in [3.63, 3.8) is 0 Å². The summed E-state index contributed by atoms with van der Waals surface area (Å²) in [6.45, 7) is 2.72. The largest absolute Gasteiger partial charge is 0.434 e. The monoisotopic (exact) mass is 389 g/mol. The number of imidazole rings is 1. The highest BCUT2D eigenvalue weighted by atomic mass is 19.4. The zero-order valence-electron chi connectivity index (χ0n) is 15.0. The van der Waals surface area contributed by atoms with Crippen LogP contribution in [0, 0.1) is 0 Å². The molecule has 28 heavy (non-hydrogen) atoms. The molecule has 3 aromatic heterocycles. The Morgan fingerprint density at radius 3 is 2.39 bits per heavy atom. The van der Waals surface area contributed by atoms with Gasteiger partial charge in [0.15, 0.2) is 17.2 Å². The summed E-state index contributed by atoms with van der Waals surface area (Å²) in [6.07, 6.45) is 4.25. The van der Waals surface area contributed by atoms with Gasteiger partial charge in [-0.05, 0) is 19.3 Å². The van der Waals surface area contributed by atoms with E-state index in [0.29, 0.717) is 18.9 Å². The number of halogens is 3. The Morgan fingerprint density at radius 1 is 0.893 bits per heavy atom. The summed E-state index contributed by atoms with van der Waals surface area (Å²) in [5.41, 5.74) is 1.69. The third-order valence-corrected chi connectivity index (χ3v) is 5.38. The number of fused-ring (bicyclic) bond motifs is 2. The Kier molecular flexibility index (Phi) is 3.88. The van der Waals surface area contributed by atoms with Crippen LogP contribution in [0.3, 0.4) is 0 Å². The lowest BCUT2D eigenvalue weighted by Gasteiger charge is -2.36. The van der Waals surface area contributed by atoms with Gasteiger partial charge in [-0.2, -0.15) is 13.2 Å². The Labute approximate surface area is 158 Å². The number of anilines is 2.